The molecule has 1 amide bonds. The topological polar surface area (TPSA) is 66.4 Å². The van der Waals surface area contributed by atoms with E-state index in [0.29, 0.717) is 18.0 Å². The first kappa shape index (κ1) is 15.0. The van der Waals surface area contributed by atoms with Gasteiger partial charge in [-0.1, -0.05) is 19.9 Å². The van der Waals surface area contributed by atoms with Crippen LogP contribution in [-0.2, 0) is 9.59 Å². The van der Waals surface area contributed by atoms with Crippen molar-refractivity contribution in [2.24, 2.45) is 5.92 Å². The van der Waals surface area contributed by atoms with Gasteiger partial charge in [0.05, 0.1) is 0 Å². The van der Waals surface area contributed by atoms with Crippen molar-refractivity contribution in [2.45, 2.75) is 27.2 Å². The molecule has 0 bridgehead atoms. The molecule has 0 aliphatic heterocycles. The lowest BCUT2D eigenvalue weighted by atomic mass is 10.1. The summed E-state index contributed by atoms with van der Waals surface area (Å²) in [4.78, 5) is 22.2. The average molecular weight is 261 g/mol. The average Bonchev–Trinajstić information content (AvgIpc) is 2.28. The monoisotopic (exact) mass is 261 g/mol. The molecular weight excluding hydrogens is 242 g/mol. The van der Waals surface area contributed by atoms with Crippen molar-refractivity contribution in [1.29, 1.82) is 0 Å². The maximum absolute atomic E-state index is 11.7. The molecule has 0 saturated heterocycles. The van der Waals surface area contributed by atoms with Gasteiger partial charge in [0.15, 0.2) is 0 Å². The van der Waals surface area contributed by atoms with Crippen LogP contribution in [0.5, 0.6) is 0 Å². The Balaban J connectivity index is 2.84. The van der Waals surface area contributed by atoms with Crippen molar-refractivity contribution in [1.82, 2.24) is 0 Å². The minimum Gasteiger partial charge on any atom is -0.478 e. The first-order valence-electron chi connectivity index (χ1n) is 6.20. The van der Waals surface area contributed by atoms with Crippen LogP contribution in [0.25, 0.3) is 6.08 Å². The van der Waals surface area contributed by atoms with E-state index in [2.05, 4.69) is 5.32 Å². The van der Waals surface area contributed by atoms with Crippen LogP contribution in [0.3, 0.4) is 0 Å². The Hall–Kier alpha value is -2.10. The second-order valence-corrected chi connectivity index (χ2v) is 4.89. The maximum atomic E-state index is 11.7. The number of hydrogen-bond acceptors (Lipinski definition) is 2. The third kappa shape index (κ3) is 5.38. The van der Waals surface area contributed by atoms with E-state index in [1.54, 1.807) is 6.07 Å². The minimum atomic E-state index is -0.992. The highest BCUT2D eigenvalue weighted by atomic mass is 16.4. The van der Waals surface area contributed by atoms with Gasteiger partial charge in [-0.05, 0) is 42.2 Å². The van der Waals surface area contributed by atoms with Crippen LogP contribution in [0, 0.1) is 12.8 Å². The summed E-state index contributed by atoms with van der Waals surface area (Å²) in [5.41, 5.74) is 2.42. The summed E-state index contributed by atoms with van der Waals surface area (Å²) < 4.78 is 0. The van der Waals surface area contributed by atoms with Gasteiger partial charge in [-0.25, -0.2) is 4.79 Å². The van der Waals surface area contributed by atoms with Gasteiger partial charge in [0.1, 0.15) is 0 Å². The predicted molar refractivity (Wildman–Crippen MR) is 75.9 cm³/mol. The van der Waals surface area contributed by atoms with Crippen molar-refractivity contribution in [3.05, 3.63) is 35.4 Å². The number of benzene rings is 1. The second-order valence-electron chi connectivity index (χ2n) is 4.89. The molecule has 0 aliphatic rings. The second kappa shape index (κ2) is 6.73. The first-order valence-corrected chi connectivity index (χ1v) is 6.20. The van der Waals surface area contributed by atoms with E-state index in [-0.39, 0.29) is 5.91 Å². The Morgan fingerprint density at radius 3 is 2.63 bits per heavy atom. The van der Waals surface area contributed by atoms with Crippen molar-refractivity contribution in [3.8, 4) is 0 Å². The summed E-state index contributed by atoms with van der Waals surface area (Å²) in [5, 5.41) is 11.4. The molecule has 0 aromatic heterocycles. The van der Waals surface area contributed by atoms with Crippen LogP contribution >= 0.6 is 0 Å². The van der Waals surface area contributed by atoms with Gasteiger partial charge in [-0.15, -0.1) is 0 Å². The summed E-state index contributed by atoms with van der Waals surface area (Å²) in [6.45, 7) is 5.85. The number of carboxylic acids is 1. The molecular formula is C15H19NO3. The number of nitrogens with one attached hydrogen (secondary N) is 1. The highest BCUT2D eigenvalue weighted by Gasteiger charge is 2.06. The molecule has 0 fully saturated rings. The smallest absolute Gasteiger partial charge is 0.328 e. The van der Waals surface area contributed by atoms with Crippen LogP contribution in [0.2, 0.25) is 0 Å². The van der Waals surface area contributed by atoms with Gasteiger partial charge in [-0.3, -0.25) is 4.79 Å². The van der Waals surface area contributed by atoms with Gasteiger partial charge in [0.25, 0.3) is 0 Å². The SMILES string of the molecule is Cc1ccc(NC(=O)CC(C)C)cc1/C=C/C(=O)O. The van der Waals surface area contributed by atoms with Crippen molar-refractivity contribution < 1.29 is 14.7 Å². The fourth-order valence-electron chi connectivity index (χ4n) is 1.64. The summed E-state index contributed by atoms with van der Waals surface area (Å²) in [6, 6.07) is 5.44. The molecule has 102 valence electrons. The Bertz CT molecular complexity index is 504. The van der Waals surface area contributed by atoms with Gasteiger partial charge in [0, 0.05) is 18.2 Å². The highest BCUT2D eigenvalue weighted by molar-refractivity contribution is 5.91. The quantitative estimate of drug-likeness (QED) is 0.800. The fraction of sp³-hybridized carbons (Fsp3) is 0.333. The van der Waals surface area contributed by atoms with E-state index in [0.717, 1.165) is 17.2 Å². The molecule has 0 unspecified atom stereocenters. The molecule has 2 N–H and O–H groups in total. The molecule has 0 aliphatic carbocycles. The lowest BCUT2D eigenvalue weighted by Crippen LogP contribution is -2.13. The molecule has 1 aromatic carbocycles. The van der Waals surface area contributed by atoms with Crippen LogP contribution in [0.15, 0.2) is 24.3 Å². The van der Waals surface area contributed by atoms with Gasteiger partial charge in [-0.2, -0.15) is 0 Å². The normalized spacial score (nSPS) is 10.9. The number of rotatable bonds is 5. The molecule has 1 rings (SSSR count). The van der Waals surface area contributed by atoms with Crippen molar-refractivity contribution >= 4 is 23.6 Å². The summed E-state index contributed by atoms with van der Waals surface area (Å²) in [5.74, 6) is -0.725. The molecule has 0 saturated carbocycles. The lowest BCUT2D eigenvalue weighted by Gasteiger charge is -2.09. The minimum absolute atomic E-state index is 0.0352. The molecule has 0 atom stereocenters. The molecule has 1 aromatic rings. The number of aryl methyl sites for hydroxylation is 1. The van der Waals surface area contributed by atoms with Gasteiger partial charge >= 0.3 is 5.97 Å². The van der Waals surface area contributed by atoms with Crippen molar-refractivity contribution in [2.75, 3.05) is 5.32 Å². The number of amides is 1. The molecule has 0 heterocycles. The zero-order valence-electron chi connectivity index (χ0n) is 11.4. The van der Waals surface area contributed by atoms with Gasteiger partial charge < -0.3 is 10.4 Å². The number of carboxylic acid groups (broad SMARTS) is 1. The standard InChI is InChI=1S/C15H19NO3/c1-10(2)8-14(17)16-13-6-4-11(3)12(9-13)5-7-15(18)19/h4-7,9-10H,8H2,1-3H3,(H,16,17)(H,18,19)/b7-5+. The van der Waals surface area contributed by atoms with E-state index >= 15 is 0 Å². The van der Waals surface area contributed by atoms with E-state index in [9.17, 15) is 9.59 Å². The molecule has 4 nitrogen and oxygen atoms in total. The lowest BCUT2D eigenvalue weighted by molar-refractivity contribution is -0.131. The Morgan fingerprint density at radius 2 is 2.05 bits per heavy atom. The Morgan fingerprint density at radius 1 is 1.37 bits per heavy atom. The zero-order chi connectivity index (χ0) is 14.4. The molecule has 0 radical (unpaired) electrons. The summed E-state index contributed by atoms with van der Waals surface area (Å²) >= 11 is 0. The largest absolute Gasteiger partial charge is 0.478 e. The molecule has 0 spiro atoms. The summed E-state index contributed by atoms with van der Waals surface area (Å²) in [6.07, 6.45) is 3.08. The Labute approximate surface area is 113 Å². The third-order valence-electron chi connectivity index (χ3n) is 2.56. The van der Waals surface area contributed by atoms with E-state index in [4.69, 9.17) is 5.11 Å². The first-order chi connectivity index (χ1) is 8.88. The van der Waals surface area contributed by atoms with Crippen LogP contribution in [-0.4, -0.2) is 17.0 Å². The van der Waals surface area contributed by atoms with Crippen LogP contribution in [0.1, 0.15) is 31.4 Å². The molecule has 4 heteroatoms. The number of hydrogen-bond donors (Lipinski definition) is 2. The maximum Gasteiger partial charge on any atom is 0.328 e. The van der Waals surface area contributed by atoms with E-state index in [1.807, 2.05) is 32.9 Å². The summed E-state index contributed by atoms with van der Waals surface area (Å²) in [7, 11) is 0. The number of aliphatic carboxylic acids is 1. The van der Waals surface area contributed by atoms with E-state index in [1.165, 1.54) is 6.08 Å². The number of carbonyl (C=O) groups excluding carboxylic acids is 1. The molecule has 19 heavy (non-hydrogen) atoms. The Kier molecular flexibility index (Phi) is 5.30. The van der Waals surface area contributed by atoms with Crippen molar-refractivity contribution in [3.63, 3.8) is 0 Å². The van der Waals surface area contributed by atoms with Gasteiger partial charge in [0.2, 0.25) is 5.91 Å². The fourth-order valence-corrected chi connectivity index (χ4v) is 1.64. The van der Waals surface area contributed by atoms with Crippen LogP contribution < -0.4 is 5.32 Å². The zero-order valence-corrected chi connectivity index (χ0v) is 11.4. The predicted octanol–water partition coefficient (Wildman–Crippen LogP) is 3.08. The van der Waals surface area contributed by atoms with Crippen LogP contribution in [0.4, 0.5) is 5.69 Å². The number of carbonyl (C=O) groups is 2. The highest BCUT2D eigenvalue weighted by Crippen LogP contribution is 2.17. The number of anilines is 1. The third-order valence-corrected chi connectivity index (χ3v) is 2.56. The van der Waals surface area contributed by atoms with E-state index < -0.39 is 5.97 Å².